The molecule has 0 fully saturated rings. The number of carbonyl (C=O) groups is 1. The number of imidazole rings is 1. The van der Waals surface area contributed by atoms with E-state index in [1.165, 1.54) is 16.9 Å². The van der Waals surface area contributed by atoms with Crippen LogP contribution in [0.15, 0.2) is 65.1 Å². The largest absolute Gasteiger partial charge is 0.337 e. The van der Waals surface area contributed by atoms with E-state index in [4.69, 9.17) is 4.98 Å². The van der Waals surface area contributed by atoms with Gasteiger partial charge in [-0.05, 0) is 31.0 Å². The minimum atomic E-state index is -0.0462. The van der Waals surface area contributed by atoms with Crippen LogP contribution in [-0.2, 0) is 23.4 Å². The van der Waals surface area contributed by atoms with Gasteiger partial charge in [-0.1, -0.05) is 60.3 Å². The first-order chi connectivity index (χ1) is 15.1. The van der Waals surface area contributed by atoms with Gasteiger partial charge in [0.25, 0.3) is 0 Å². The molecule has 1 amide bonds. The Morgan fingerprint density at radius 2 is 1.84 bits per heavy atom. The van der Waals surface area contributed by atoms with Gasteiger partial charge in [-0.25, -0.2) is 9.97 Å². The Hall–Kier alpha value is -2.90. The van der Waals surface area contributed by atoms with Crippen molar-refractivity contribution in [3.63, 3.8) is 0 Å². The average molecular weight is 449 g/mol. The van der Waals surface area contributed by atoms with Gasteiger partial charge < -0.3 is 10.3 Å². The molecule has 0 spiro atoms. The standard InChI is InChI=1S/C24H24N4OS2/c1-16-8-6-7-11-20(16)27-22(29)13-23-26-19(14-30-23)15-31-24-25-17(2)21(28-24)12-18-9-4-3-5-10-18/h3-11,14H,12-13,15H2,1-2H3,(H,25,28)(H,27,29). The van der Waals surface area contributed by atoms with Gasteiger partial charge in [0.2, 0.25) is 5.91 Å². The number of aryl methyl sites for hydroxylation is 2. The molecule has 0 unspecified atom stereocenters. The summed E-state index contributed by atoms with van der Waals surface area (Å²) in [7, 11) is 0. The van der Waals surface area contributed by atoms with Crippen LogP contribution in [0.1, 0.15) is 33.2 Å². The van der Waals surface area contributed by atoms with Crippen LogP contribution >= 0.6 is 23.1 Å². The predicted molar refractivity (Wildman–Crippen MR) is 128 cm³/mol. The molecule has 5 nitrogen and oxygen atoms in total. The zero-order chi connectivity index (χ0) is 21.6. The second kappa shape index (κ2) is 9.94. The molecule has 0 aliphatic carbocycles. The van der Waals surface area contributed by atoms with Gasteiger partial charge in [0.1, 0.15) is 5.01 Å². The second-order valence-electron chi connectivity index (χ2n) is 7.34. The van der Waals surface area contributed by atoms with E-state index in [0.717, 1.165) is 44.9 Å². The topological polar surface area (TPSA) is 70.7 Å². The molecule has 0 saturated carbocycles. The third kappa shape index (κ3) is 5.83. The molecule has 0 atom stereocenters. The minimum absolute atomic E-state index is 0.0462. The van der Waals surface area contributed by atoms with Gasteiger partial charge in [0.05, 0.1) is 17.8 Å². The van der Waals surface area contributed by atoms with Gasteiger partial charge in [0.15, 0.2) is 5.16 Å². The van der Waals surface area contributed by atoms with E-state index in [-0.39, 0.29) is 12.3 Å². The molecule has 7 heteroatoms. The first kappa shape index (κ1) is 21.3. The number of rotatable bonds is 8. The van der Waals surface area contributed by atoms with Crippen molar-refractivity contribution in [3.05, 3.63) is 93.2 Å². The number of carbonyl (C=O) groups excluding carboxylic acids is 1. The molecule has 0 bridgehead atoms. The van der Waals surface area contributed by atoms with Gasteiger partial charge in [0, 0.05) is 28.9 Å². The number of nitrogens with zero attached hydrogens (tertiary/aromatic N) is 2. The van der Waals surface area contributed by atoms with Crippen LogP contribution in [0, 0.1) is 13.8 Å². The SMILES string of the molecule is Cc1ccccc1NC(=O)Cc1nc(CSc2nc(Cc3ccccc3)c(C)[nH]2)cs1. The van der Waals surface area contributed by atoms with Crippen molar-refractivity contribution in [3.8, 4) is 0 Å². The van der Waals surface area contributed by atoms with Crippen molar-refractivity contribution in [2.24, 2.45) is 0 Å². The number of hydrogen-bond acceptors (Lipinski definition) is 5. The first-order valence-electron chi connectivity index (χ1n) is 10.1. The summed E-state index contributed by atoms with van der Waals surface area (Å²) < 4.78 is 0. The molecule has 4 aromatic rings. The number of aromatic nitrogens is 3. The minimum Gasteiger partial charge on any atom is -0.337 e. The van der Waals surface area contributed by atoms with Crippen LogP contribution in [0.4, 0.5) is 5.69 Å². The van der Waals surface area contributed by atoms with E-state index >= 15 is 0 Å². The maximum Gasteiger partial charge on any atom is 0.231 e. The maximum atomic E-state index is 12.3. The molecule has 0 saturated heterocycles. The summed E-state index contributed by atoms with van der Waals surface area (Å²) >= 11 is 3.15. The summed E-state index contributed by atoms with van der Waals surface area (Å²) in [5.74, 6) is 0.670. The summed E-state index contributed by atoms with van der Waals surface area (Å²) in [5.41, 5.74) is 6.28. The van der Waals surface area contributed by atoms with Gasteiger partial charge in [-0.15, -0.1) is 11.3 Å². The first-order valence-corrected chi connectivity index (χ1v) is 11.9. The smallest absolute Gasteiger partial charge is 0.231 e. The number of para-hydroxylation sites is 1. The number of hydrogen-bond donors (Lipinski definition) is 2. The molecular weight excluding hydrogens is 424 g/mol. The number of thiazole rings is 1. The summed E-state index contributed by atoms with van der Waals surface area (Å²) in [5, 5.41) is 6.70. The summed E-state index contributed by atoms with van der Waals surface area (Å²) in [6.07, 6.45) is 1.10. The normalized spacial score (nSPS) is 10.9. The number of benzene rings is 2. The lowest BCUT2D eigenvalue weighted by Crippen LogP contribution is -2.15. The van der Waals surface area contributed by atoms with Crippen molar-refractivity contribution in [1.82, 2.24) is 15.0 Å². The zero-order valence-corrected chi connectivity index (χ0v) is 19.1. The molecule has 4 rings (SSSR count). The monoisotopic (exact) mass is 448 g/mol. The van der Waals surface area contributed by atoms with Crippen LogP contribution in [0.3, 0.4) is 0 Å². The molecule has 0 radical (unpaired) electrons. The molecule has 2 N–H and O–H groups in total. The Morgan fingerprint density at radius 1 is 1.06 bits per heavy atom. The van der Waals surface area contributed by atoms with Crippen LogP contribution in [0.2, 0.25) is 0 Å². The van der Waals surface area contributed by atoms with E-state index < -0.39 is 0 Å². The van der Waals surface area contributed by atoms with E-state index in [1.54, 1.807) is 11.8 Å². The summed E-state index contributed by atoms with van der Waals surface area (Å²) in [4.78, 5) is 25.1. The number of nitrogens with one attached hydrogen (secondary N) is 2. The fourth-order valence-electron chi connectivity index (χ4n) is 3.18. The highest BCUT2D eigenvalue weighted by Gasteiger charge is 2.12. The predicted octanol–water partition coefficient (Wildman–Crippen LogP) is 5.55. The number of aromatic amines is 1. The van der Waals surface area contributed by atoms with Crippen LogP contribution in [-0.4, -0.2) is 20.9 Å². The van der Waals surface area contributed by atoms with Gasteiger partial charge in [-0.3, -0.25) is 4.79 Å². The third-order valence-corrected chi connectivity index (χ3v) is 6.67. The van der Waals surface area contributed by atoms with E-state index in [1.807, 2.05) is 54.8 Å². The van der Waals surface area contributed by atoms with Crippen LogP contribution < -0.4 is 5.32 Å². The number of H-pyrrole nitrogens is 1. The molecule has 2 heterocycles. The second-order valence-corrected chi connectivity index (χ2v) is 9.24. The molecule has 2 aromatic heterocycles. The summed E-state index contributed by atoms with van der Waals surface area (Å²) in [6, 6.07) is 18.1. The van der Waals surface area contributed by atoms with E-state index in [0.29, 0.717) is 5.75 Å². The maximum absolute atomic E-state index is 12.3. The Kier molecular flexibility index (Phi) is 6.84. The lowest BCUT2D eigenvalue weighted by Gasteiger charge is -2.06. The lowest BCUT2D eigenvalue weighted by molar-refractivity contribution is -0.115. The van der Waals surface area contributed by atoms with E-state index in [2.05, 4.69) is 34.3 Å². The molecule has 0 aliphatic heterocycles. The lowest BCUT2D eigenvalue weighted by atomic mass is 10.1. The van der Waals surface area contributed by atoms with Crippen molar-refractivity contribution < 1.29 is 4.79 Å². The third-order valence-electron chi connectivity index (χ3n) is 4.87. The van der Waals surface area contributed by atoms with Crippen molar-refractivity contribution in [1.29, 1.82) is 0 Å². The van der Waals surface area contributed by atoms with E-state index in [9.17, 15) is 4.79 Å². The van der Waals surface area contributed by atoms with Gasteiger partial charge >= 0.3 is 0 Å². The van der Waals surface area contributed by atoms with Crippen LogP contribution in [0.25, 0.3) is 0 Å². The Labute approximate surface area is 190 Å². The quantitative estimate of drug-likeness (QED) is 0.347. The number of amides is 1. The summed E-state index contributed by atoms with van der Waals surface area (Å²) in [6.45, 7) is 4.04. The molecule has 31 heavy (non-hydrogen) atoms. The fourth-order valence-corrected chi connectivity index (χ4v) is 4.91. The number of anilines is 1. The molecule has 158 valence electrons. The van der Waals surface area contributed by atoms with Crippen molar-refractivity contribution in [2.75, 3.05) is 5.32 Å². The highest BCUT2D eigenvalue weighted by molar-refractivity contribution is 7.98. The average Bonchev–Trinajstić information content (AvgIpc) is 3.35. The molecular formula is C24H24N4OS2. The van der Waals surface area contributed by atoms with Gasteiger partial charge in [-0.2, -0.15) is 0 Å². The molecule has 0 aliphatic rings. The zero-order valence-electron chi connectivity index (χ0n) is 17.5. The number of thioether (sulfide) groups is 1. The molecule has 2 aromatic carbocycles. The Balaban J connectivity index is 1.31. The van der Waals surface area contributed by atoms with Crippen LogP contribution in [0.5, 0.6) is 0 Å². The highest BCUT2D eigenvalue weighted by Crippen LogP contribution is 2.24. The Morgan fingerprint density at radius 3 is 2.65 bits per heavy atom. The highest BCUT2D eigenvalue weighted by atomic mass is 32.2. The Bertz CT molecular complexity index is 1170. The van der Waals surface area contributed by atoms with Crippen molar-refractivity contribution in [2.45, 2.75) is 37.6 Å². The fraction of sp³-hybridized carbons (Fsp3) is 0.208. The van der Waals surface area contributed by atoms with Crippen molar-refractivity contribution >= 4 is 34.7 Å².